The molecule has 1 aromatic heterocycles. The summed E-state index contributed by atoms with van der Waals surface area (Å²) in [5, 5.41) is 5.25. The fourth-order valence-electron chi connectivity index (χ4n) is 2.19. The van der Waals surface area contributed by atoms with Crippen LogP contribution in [0.5, 0.6) is 0 Å². The van der Waals surface area contributed by atoms with E-state index in [1.54, 1.807) is 31.3 Å². The van der Waals surface area contributed by atoms with Crippen LogP contribution >= 0.6 is 0 Å². The van der Waals surface area contributed by atoms with Gasteiger partial charge in [0.25, 0.3) is 0 Å². The number of nitrogens with zero attached hydrogens (tertiary/aromatic N) is 1. The van der Waals surface area contributed by atoms with Gasteiger partial charge in [-0.2, -0.15) is 0 Å². The molecule has 1 aromatic carbocycles. The molecule has 5 nitrogen and oxygen atoms in total. The van der Waals surface area contributed by atoms with Gasteiger partial charge in [-0.05, 0) is 42.7 Å². The third-order valence-corrected chi connectivity index (χ3v) is 3.57. The number of amides is 2. The average Bonchev–Trinajstić information content (AvgIpc) is 2.58. The van der Waals surface area contributed by atoms with E-state index in [1.165, 1.54) is 18.3 Å². The van der Waals surface area contributed by atoms with Crippen molar-refractivity contribution in [2.75, 3.05) is 11.9 Å². The van der Waals surface area contributed by atoms with Crippen molar-refractivity contribution in [3.05, 3.63) is 60.2 Å². The van der Waals surface area contributed by atoms with E-state index in [4.69, 9.17) is 0 Å². The Morgan fingerprint density at radius 1 is 1.25 bits per heavy atom. The number of benzene rings is 1. The lowest BCUT2D eigenvalue weighted by Crippen LogP contribution is -2.36. The van der Waals surface area contributed by atoms with Crippen LogP contribution in [-0.4, -0.2) is 23.3 Å². The van der Waals surface area contributed by atoms with Crippen LogP contribution in [0.1, 0.15) is 18.9 Å². The van der Waals surface area contributed by atoms with Crippen LogP contribution in [0.4, 0.5) is 10.1 Å². The molecule has 1 heterocycles. The Hall–Kier alpha value is -2.76. The molecule has 2 amide bonds. The summed E-state index contributed by atoms with van der Waals surface area (Å²) in [5.74, 6) is -1.06. The first-order valence-corrected chi connectivity index (χ1v) is 7.76. The topological polar surface area (TPSA) is 71.1 Å². The van der Waals surface area contributed by atoms with Gasteiger partial charge in [0.2, 0.25) is 11.8 Å². The number of pyridine rings is 1. The Kier molecular flexibility index (Phi) is 6.42. The highest BCUT2D eigenvalue weighted by molar-refractivity contribution is 5.94. The molecule has 0 aliphatic heterocycles. The van der Waals surface area contributed by atoms with Gasteiger partial charge in [-0.25, -0.2) is 4.39 Å². The molecule has 6 heteroatoms. The molecule has 1 atom stereocenters. The van der Waals surface area contributed by atoms with Gasteiger partial charge in [0.15, 0.2) is 0 Å². The molecule has 0 aliphatic rings. The summed E-state index contributed by atoms with van der Waals surface area (Å²) in [4.78, 5) is 27.7. The minimum absolute atomic E-state index is 0.0992. The highest BCUT2D eigenvalue weighted by Gasteiger charge is 2.14. The van der Waals surface area contributed by atoms with Gasteiger partial charge < -0.3 is 10.6 Å². The van der Waals surface area contributed by atoms with Crippen molar-refractivity contribution >= 4 is 17.5 Å². The molecule has 0 fully saturated rings. The van der Waals surface area contributed by atoms with E-state index in [0.717, 1.165) is 5.56 Å². The van der Waals surface area contributed by atoms with E-state index in [9.17, 15) is 14.0 Å². The molecule has 2 rings (SSSR count). The van der Waals surface area contributed by atoms with E-state index in [-0.39, 0.29) is 30.1 Å². The molecule has 0 aliphatic carbocycles. The van der Waals surface area contributed by atoms with Gasteiger partial charge >= 0.3 is 0 Å². The van der Waals surface area contributed by atoms with E-state index in [1.807, 2.05) is 6.07 Å². The molecule has 1 unspecified atom stereocenters. The predicted octanol–water partition coefficient (Wildman–Crippen LogP) is 2.54. The quantitative estimate of drug-likeness (QED) is 0.820. The van der Waals surface area contributed by atoms with E-state index in [0.29, 0.717) is 18.5 Å². The minimum Gasteiger partial charge on any atom is -0.347 e. The Morgan fingerprint density at radius 2 is 2.08 bits per heavy atom. The van der Waals surface area contributed by atoms with Crippen LogP contribution in [0, 0.1) is 11.7 Å². The van der Waals surface area contributed by atoms with E-state index >= 15 is 0 Å². The molecule has 2 aromatic rings. The molecule has 0 saturated carbocycles. The maximum atomic E-state index is 13.1. The maximum absolute atomic E-state index is 13.1. The maximum Gasteiger partial charge on any atom is 0.243 e. The van der Waals surface area contributed by atoms with Gasteiger partial charge in [0.1, 0.15) is 5.82 Å². The second-order valence-electron chi connectivity index (χ2n) is 5.58. The van der Waals surface area contributed by atoms with Gasteiger partial charge in [0.05, 0.1) is 18.4 Å². The van der Waals surface area contributed by atoms with Crippen LogP contribution in [-0.2, 0) is 16.0 Å². The standard InChI is InChI=1S/C18H20FN3O2/c1-13(7-8-14-4-2-5-15(19)10-14)18(24)21-12-17(23)22-16-6-3-9-20-11-16/h2-6,9-11,13H,7-8,12H2,1H3,(H,21,24)(H,22,23). The smallest absolute Gasteiger partial charge is 0.243 e. The van der Waals surface area contributed by atoms with Crippen LogP contribution in [0.2, 0.25) is 0 Å². The third-order valence-electron chi connectivity index (χ3n) is 3.57. The van der Waals surface area contributed by atoms with Crippen molar-refractivity contribution < 1.29 is 14.0 Å². The fourth-order valence-corrected chi connectivity index (χ4v) is 2.19. The molecule has 0 radical (unpaired) electrons. The van der Waals surface area contributed by atoms with Crippen molar-refractivity contribution in [3.63, 3.8) is 0 Å². The minimum atomic E-state index is -0.311. The first-order chi connectivity index (χ1) is 11.5. The molecule has 0 saturated heterocycles. The van der Waals surface area contributed by atoms with E-state index in [2.05, 4.69) is 15.6 Å². The second kappa shape index (κ2) is 8.76. The van der Waals surface area contributed by atoms with Crippen molar-refractivity contribution in [2.24, 2.45) is 5.92 Å². The number of nitrogens with one attached hydrogen (secondary N) is 2. The Morgan fingerprint density at radius 3 is 2.79 bits per heavy atom. The summed E-state index contributed by atoms with van der Waals surface area (Å²) in [5.41, 5.74) is 1.43. The largest absolute Gasteiger partial charge is 0.347 e. The normalized spacial score (nSPS) is 11.6. The number of aryl methyl sites for hydroxylation is 1. The van der Waals surface area contributed by atoms with E-state index < -0.39 is 0 Å². The second-order valence-corrected chi connectivity index (χ2v) is 5.58. The summed E-state index contributed by atoms with van der Waals surface area (Å²) in [6.45, 7) is 1.69. The number of hydrogen-bond acceptors (Lipinski definition) is 3. The van der Waals surface area contributed by atoms with Gasteiger partial charge in [0, 0.05) is 12.1 Å². The Bertz CT molecular complexity index is 692. The van der Waals surface area contributed by atoms with Gasteiger partial charge in [-0.3, -0.25) is 14.6 Å². The van der Waals surface area contributed by atoms with Crippen LogP contribution in [0.3, 0.4) is 0 Å². The summed E-state index contributed by atoms with van der Waals surface area (Å²) < 4.78 is 13.1. The molecular formula is C18H20FN3O2. The molecule has 0 spiro atoms. The zero-order valence-corrected chi connectivity index (χ0v) is 13.5. The number of aromatic nitrogens is 1. The fraction of sp³-hybridized carbons (Fsp3) is 0.278. The van der Waals surface area contributed by atoms with Crippen molar-refractivity contribution in [3.8, 4) is 0 Å². The predicted molar refractivity (Wildman–Crippen MR) is 89.8 cm³/mol. The lowest BCUT2D eigenvalue weighted by molar-refractivity contribution is -0.127. The lowest BCUT2D eigenvalue weighted by atomic mass is 10.0. The summed E-state index contributed by atoms with van der Waals surface area (Å²) in [6, 6.07) is 9.76. The van der Waals surface area contributed by atoms with Crippen molar-refractivity contribution in [2.45, 2.75) is 19.8 Å². The SMILES string of the molecule is CC(CCc1cccc(F)c1)C(=O)NCC(=O)Nc1cccnc1. The van der Waals surface area contributed by atoms with Crippen molar-refractivity contribution in [1.82, 2.24) is 10.3 Å². The summed E-state index contributed by atoms with van der Waals surface area (Å²) in [7, 11) is 0. The zero-order valence-electron chi connectivity index (χ0n) is 13.5. The monoisotopic (exact) mass is 329 g/mol. The highest BCUT2D eigenvalue weighted by Crippen LogP contribution is 2.11. The number of carbonyl (C=O) groups excluding carboxylic acids is 2. The average molecular weight is 329 g/mol. The van der Waals surface area contributed by atoms with Gasteiger partial charge in [-0.1, -0.05) is 19.1 Å². The van der Waals surface area contributed by atoms with Crippen molar-refractivity contribution in [1.29, 1.82) is 0 Å². The molecule has 126 valence electrons. The number of hydrogen-bond donors (Lipinski definition) is 2. The number of carbonyl (C=O) groups is 2. The van der Waals surface area contributed by atoms with Gasteiger partial charge in [-0.15, -0.1) is 0 Å². The number of rotatable bonds is 7. The third kappa shape index (κ3) is 5.79. The first-order valence-electron chi connectivity index (χ1n) is 7.76. The molecule has 0 bridgehead atoms. The molecular weight excluding hydrogens is 309 g/mol. The summed E-state index contributed by atoms with van der Waals surface area (Å²) >= 11 is 0. The van der Waals surface area contributed by atoms with Crippen LogP contribution in [0.25, 0.3) is 0 Å². The zero-order chi connectivity index (χ0) is 17.4. The summed E-state index contributed by atoms with van der Waals surface area (Å²) in [6.07, 6.45) is 4.33. The highest BCUT2D eigenvalue weighted by atomic mass is 19.1. The first kappa shape index (κ1) is 17.6. The Labute approximate surface area is 140 Å². The number of anilines is 1. The molecule has 24 heavy (non-hydrogen) atoms. The Balaban J connectivity index is 1.72. The lowest BCUT2D eigenvalue weighted by Gasteiger charge is -2.12. The number of halogens is 1. The molecule has 2 N–H and O–H groups in total. The van der Waals surface area contributed by atoms with Crippen LogP contribution in [0.15, 0.2) is 48.8 Å². The van der Waals surface area contributed by atoms with Crippen LogP contribution < -0.4 is 10.6 Å².